The molecule has 16 heavy (non-hydrogen) atoms. The molecule has 0 radical (unpaired) electrons. The highest BCUT2D eigenvalue weighted by atomic mass is 14.9. The van der Waals surface area contributed by atoms with Crippen molar-refractivity contribution in [1.82, 2.24) is 10.6 Å². The molecule has 0 aromatic carbocycles. The topological polar surface area (TPSA) is 24.1 Å². The molecule has 0 aliphatic heterocycles. The molecular formula is C14H28N2. The van der Waals surface area contributed by atoms with Crippen molar-refractivity contribution in [3.8, 4) is 0 Å². The van der Waals surface area contributed by atoms with E-state index in [1.54, 1.807) is 0 Å². The minimum absolute atomic E-state index is 0.395. The molecule has 1 atom stereocenters. The third-order valence-corrected chi connectivity index (χ3v) is 3.36. The summed E-state index contributed by atoms with van der Waals surface area (Å²) >= 11 is 0. The summed E-state index contributed by atoms with van der Waals surface area (Å²) in [5.41, 5.74) is 0.395. The second-order valence-electron chi connectivity index (χ2n) is 6.01. The predicted molar refractivity (Wildman–Crippen MR) is 71.7 cm³/mol. The lowest BCUT2D eigenvalue weighted by Gasteiger charge is -2.30. The van der Waals surface area contributed by atoms with Crippen LogP contribution in [-0.4, -0.2) is 26.2 Å². The Morgan fingerprint density at radius 1 is 1.25 bits per heavy atom. The molecule has 1 saturated carbocycles. The molecule has 0 amide bonds. The minimum Gasteiger partial charge on any atom is -0.316 e. The highest BCUT2D eigenvalue weighted by Crippen LogP contribution is 2.29. The fourth-order valence-electron chi connectivity index (χ4n) is 1.80. The maximum absolute atomic E-state index is 3.65. The molecule has 1 fully saturated rings. The van der Waals surface area contributed by atoms with Crippen LogP contribution in [0.2, 0.25) is 0 Å². The SMILES string of the molecule is CNC/C=C/CC(CNC1CC1)C(C)(C)C. The van der Waals surface area contributed by atoms with Crippen LogP contribution in [0.4, 0.5) is 0 Å². The summed E-state index contributed by atoms with van der Waals surface area (Å²) in [7, 11) is 1.99. The lowest BCUT2D eigenvalue weighted by atomic mass is 9.78. The zero-order chi connectivity index (χ0) is 12.0. The van der Waals surface area contributed by atoms with Gasteiger partial charge in [0, 0.05) is 12.6 Å². The van der Waals surface area contributed by atoms with Gasteiger partial charge in [-0.1, -0.05) is 32.9 Å². The molecule has 0 aromatic heterocycles. The first kappa shape index (κ1) is 13.7. The molecule has 2 heteroatoms. The summed E-state index contributed by atoms with van der Waals surface area (Å²) in [6, 6.07) is 0.825. The van der Waals surface area contributed by atoms with Gasteiger partial charge in [-0.2, -0.15) is 0 Å². The van der Waals surface area contributed by atoms with Crippen LogP contribution < -0.4 is 10.6 Å². The number of likely N-dealkylation sites (N-methyl/N-ethyl adjacent to an activating group) is 1. The molecule has 2 nitrogen and oxygen atoms in total. The molecule has 1 aliphatic rings. The highest BCUT2D eigenvalue weighted by molar-refractivity contribution is 4.91. The van der Waals surface area contributed by atoms with Gasteiger partial charge >= 0.3 is 0 Å². The van der Waals surface area contributed by atoms with E-state index in [0.717, 1.165) is 25.0 Å². The highest BCUT2D eigenvalue weighted by Gasteiger charge is 2.27. The van der Waals surface area contributed by atoms with E-state index in [1.807, 2.05) is 7.05 Å². The van der Waals surface area contributed by atoms with Crippen LogP contribution in [0.5, 0.6) is 0 Å². The first-order valence-corrected chi connectivity index (χ1v) is 6.57. The van der Waals surface area contributed by atoms with Crippen molar-refractivity contribution in [2.45, 2.75) is 46.1 Å². The van der Waals surface area contributed by atoms with Gasteiger partial charge in [-0.15, -0.1) is 0 Å². The van der Waals surface area contributed by atoms with E-state index in [0.29, 0.717) is 5.41 Å². The first-order valence-electron chi connectivity index (χ1n) is 6.57. The van der Waals surface area contributed by atoms with Gasteiger partial charge in [0.1, 0.15) is 0 Å². The Morgan fingerprint density at radius 3 is 2.44 bits per heavy atom. The van der Waals surface area contributed by atoms with E-state index < -0.39 is 0 Å². The molecule has 1 unspecified atom stereocenters. The summed E-state index contributed by atoms with van der Waals surface area (Å²) in [5, 5.41) is 6.79. The molecule has 1 aliphatic carbocycles. The van der Waals surface area contributed by atoms with Crippen LogP contribution in [0.3, 0.4) is 0 Å². The fraction of sp³-hybridized carbons (Fsp3) is 0.857. The lowest BCUT2D eigenvalue weighted by Crippen LogP contribution is -2.32. The van der Waals surface area contributed by atoms with Crippen molar-refractivity contribution in [2.75, 3.05) is 20.1 Å². The Labute approximate surface area is 101 Å². The van der Waals surface area contributed by atoms with Crippen LogP contribution in [0.25, 0.3) is 0 Å². The first-order chi connectivity index (χ1) is 7.54. The average molecular weight is 224 g/mol. The van der Waals surface area contributed by atoms with E-state index in [9.17, 15) is 0 Å². The van der Waals surface area contributed by atoms with Crippen LogP contribution in [0, 0.1) is 11.3 Å². The van der Waals surface area contributed by atoms with Gasteiger partial charge in [-0.05, 0) is 44.2 Å². The molecule has 0 heterocycles. The average Bonchev–Trinajstić information content (AvgIpc) is 2.98. The van der Waals surface area contributed by atoms with Crippen molar-refractivity contribution in [1.29, 1.82) is 0 Å². The Hall–Kier alpha value is -0.340. The summed E-state index contributed by atoms with van der Waals surface area (Å²) in [6.45, 7) is 9.18. The molecule has 2 N–H and O–H groups in total. The molecule has 0 bridgehead atoms. The summed E-state index contributed by atoms with van der Waals surface area (Å²) in [4.78, 5) is 0. The Balaban J connectivity index is 2.30. The normalized spacial score (nSPS) is 19.2. The second-order valence-corrected chi connectivity index (χ2v) is 6.01. The largest absolute Gasteiger partial charge is 0.316 e. The summed E-state index contributed by atoms with van der Waals surface area (Å²) in [6.07, 6.45) is 8.50. The summed E-state index contributed by atoms with van der Waals surface area (Å²) < 4.78 is 0. The Bertz CT molecular complexity index is 211. The quantitative estimate of drug-likeness (QED) is 0.650. The zero-order valence-corrected chi connectivity index (χ0v) is 11.3. The van der Waals surface area contributed by atoms with Gasteiger partial charge in [0.2, 0.25) is 0 Å². The van der Waals surface area contributed by atoms with E-state index in [2.05, 4.69) is 43.6 Å². The van der Waals surface area contributed by atoms with E-state index in [4.69, 9.17) is 0 Å². The molecule has 0 aromatic rings. The van der Waals surface area contributed by atoms with Crippen molar-refractivity contribution >= 4 is 0 Å². The molecule has 0 spiro atoms. The molecular weight excluding hydrogens is 196 g/mol. The van der Waals surface area contributed by atoms with Crippen molar-refractivity contribution in [3.63, 3.8) is 0 Å². The maximum atomic E-state index is 3.65. The van der Waals surface area contributed by atoms with Gasteiger partial charge in [0.05, 0.1) is 0 Å². The summed E-state index contributed by atoms with van der Waals surface area (Å²) in [5.74, 6) is 0.737. The van der Waals surface area contributed by atoms with E-state index >= 15 is 0 Å². The van der Waals surface area contributed by atoms with E-state index in [1.165, 1.54) is 19.3 Å². The number of allylic oxidation sites excluding steroid dienone is 1. The van der Waals surface area contributed by atoms with E-state index in [-0.39, 0.29) is 0 Å². The number of nitrogens with one attached hydrogen (secondary N) is 2. The predicted octanol–water partition coefficient (Wildman–Crippen LogP) is 2.57. The number of hydrogen-bond donors (Lipinski definition) is 2. The van der Waals surface area contributed by atoms with Crippen LogP contribution in [0.1, 0.15) is 40.0 Å². The fourth-order valence-corrected chi connectivity index (χ4v) is 1.80. The van der Waals surface area contributed by atoms with Crippen LogP contribution in [-0.2, 0) is 0 Å². The van der Waals surface area contributed by atoms with Gasteiger partial charge in [0.25, 0.3) is 0 Å². The van der Waals surface area contributed by atoms with Crippen molar-refractivity contribution < 1.29 is 0 Å². The Kier molecular flexibility index (Phi) is 5.50. The van der Waals surface area contributed by atoms with Crippen LogP contribution in [0.15, 0.2) is 12.2 Å². The molecule has 0 saturated heterocycles. The maximum Gasteiger partial charge on any atom is 0.0131 e. The number of hydrogen-bond acceptors (Lipinski definition) is 2. The zero-order valence-electron chi connectivity index (χ0n) is 11.3. The van der Waals surface area contributed by atoms with Crippen molar-refractivity contribution in [2.24, 2.45) is 11.3 Å². The Morgan fingerprint density at radius 2 is 1.94 bits per heavy atom. The van der Waals surface area contributed by atoms with Gasteiger partial charge in [0.15, 0.2) is 0 Å². The van der Waals surface area contributed by atoms with Crippen LogP contribution >= 0.6 is 0 Å². The van der Waals surface area contributed by atoms with Gasteiger partial charge < -0.3 is 10.6 Å². The molecule has 1 rings (SSSR count). The van der Waals surface area contributed by atoms with Gasteiger partial charge in [-0.25, -0.2) is 0 Å². The second kappa shape index (κ2) is 6.41. The minimum atomic E-state index is 0.395. The molecule has 94 valence electrons. The third-order valence-electron chi connectivity index (χ3n) is 3.36. The van der Waals surface area contributed by atoms with Gasteiger partial charge in [-0.3, -0.25) is 0 Å². The standard InChI is InChI=1S/C14H28N2/c1-14(2,3)12(7-5-6-10-15-4)11-16-13-8-9-13/h5-6,12-13,15-16H,7-11H2,1-4H3/b6-5+. The van der Waals surface area contributed by atoms with Crippen molar-refractivity contribution in [3.05, 3.63) is 12.2 Å². The smallest absolute Gasteiger partial charge is 0.0131 e. The monoisotopic (exact) mass is 224 g/mol. The third kappa shape index (κ3) is 5.66. The lowest BCUT2D eigenvalue weighted by molar-refractivity contribution is 0.233. The number of rotatable bonds is 7.